The summed E-state index contributed by atoms with van der Waals surface area (Å²) in [6.07, 6.45) is 1.10. The molecule has 2 N–H and O–H groups in total. The van der Waals surface area contributed by atoms with Crippen molar-refractivity contribution in [2.45, 2.75) is 13.3 Å². The van der Waals surface area contributed by atoms with Crippen molar-refractivity contribution in [1.82, 2.24) is 0 Å². The van der Waals surface area contributed by atoms with Crippen molar-refractivity contribution in [3.8, 4) is 0 Å². The summed E-state index contributed by atoms with van der Waals surface area (Å²) in [4.78, 5) is 0. The van der Waals surface area contributed by atoms with E-state index in [1.165, 1.54) is 0 Å². The third-order valence-electron chi connectivity index (χ3n) is 0.289. The fraction of sp³-hybridized carbons (Fsp3) is 1.00. The average molecular weight is 123 g/mol. The number of nitrogens with two attached hydrogens (primary N) is 1. The van der Waals surface area contributed by atoms with Gasteiger partial charge >= 0.3 is 23.7 Å². The van der Waals surface area contributed by atoms with Crippen LogP contribution in [0.15, 0.2) is 0 Å². The molecule has 0 aromatic carbocycles. The maximum atomic E-state index is 8.25. The Morgan fingerprint density at radius 3 is 1.83 bits per heavy atom. The summed E-state index contributed by atoms with van der Waals surface area (Å²) in [6.45, 7) is 2.88. The van der Waals surface area contributed by atoms with Crippen LogP contribution in [0.25, 0.3) is 0 Å². The molecule has 3 heteroatoms. The van der Waals surface area contributed by atoms with E-state index in [-0.39, 0.29) is 0 Å². The van der Waals surface area contributed by atoms with Crippen LogP contribution in [0.1, 0.15) is 13.3 Å². The van der Waals surface area contributed by atoms with Crippen LogP contribution in [0.2, 0.25) is 0 Å². The Kier molecular flexibility index (Phi) is 28.9. The van der Waals surface area contributed by atoms with Crippen molar-refractivity contribution in [2.24, 2.45) is 5.73 Å². The van der Waals surface area contributed by atoms with Crippen LogP contribution in [-0.2, 0) is 23.7 Å². The normalized spacial score (nSPS) is 5.50. The SMILES string of the molecule is CCCN.[O]=[Ti]. The molecule has 0 saturated heterocycles. The molecule has 0 radical (unpaired) electrons. The fourth-order valence-corrected chi connectivity index (χ4v) is 0. The van der Waals surface area contributed by atoms with Crippen LogP contribution < -0.4 is 5.73 Å². The summed E-state index contributed by atoms with van der Waals surface area (Å²) in [5, 5.41) is 0. The Balaban J connectivity index is 0. The minimum absolute atomic E-state index is 0.750. The molecule has 0 atom stereocenters. The van der Waals surface area contributed by atoms with E-state index in [4.69, 9.17) is 9.06 Å². The van der Waals surface area contributed by atoms with Gasteiger partial charge in [-0.1, -0.05) is 6.92 Å². The summed E-state index contributed by atoms with van der Waals surface area (Å²) in [6, 6.07) is 0. The van der Waals surface area contributed by atoms with Crippen molar-refractivity contribution in [3.05, 3.63) is 0 Å². The molecular weight excluding hydrogens is 114 g/mol. The van der Waals surface area contributed by atoms with Gasteiger partial charge in [-0.3, -0.25) is 0 Å². The molecule has 2 nitrogen and oxygen atoms in total. The number of hydrogen-bond donors (Lipinski definition) is 1. The molecule has 0 aliphatic heterocycles. The van der Waals surface area contributed by atoms with Gasteiger partial charge in [0, 0.05) is 0 Å². The maximum absolute atomic E-state index is 8.25. The fourth-order valence-electron chi connectivity index (χ4n) is 0. The average Bonchev–Trinajstić information content (AvgIpc) is 1.72. The van der Waals surface area contributed by atoms with Crippen molar-refractivity contribution in [3.63, 3.8) is 0 Å². The van der Waals surface area contributed by atoms with Gasteiger partial charge in [-0.2, -0.15) is 0 Å². The summed E-state index contributed by atoms with van der Waals surface area (Å²) in [5.74, 6) is 0. The third kappa shape index (κ3) is 24.8. The topological polar surface area (TPSA) is 43.1 Å². The first-order valence-electron chi connectivity index (χ1n) is 1.82. The Morgan fingerprint density at radius 1 is 1.67 bits per heavy atom. The van der Waals surface area contributed by atoms with Gasteiger partial charge in [0.05, 0.1) is 0 Å². The molecule has 0 saturated carbocycles. The Morgan fingerprint density at radius 2 is 1.83 bits per heavy atom. The van der Waals surface area contributed by atoms with E-state index in [2.05, 4.69) is 6.92 Å². The molecule has 0 aromatic rings. The minimum atomic E-state index is 0.750. The molecule has 0 bridgehead atoms. The molecule has 0 spiro atoms. The van der Waals surface area contributed by atoms with Crippen LogP contribution in [0, 0.1) is 0 Å². The van der Waals surface area contributed by atoms with Gasteiger partial charge in [-0.15, -0.1) is 0 Å². The van der Waals surface area contributed by atoms with Crippen molar-refractivity contribution < 1.29 is 23.7 Å². The summed E-state index contributed by atoms with van der Waals surface area (Å²) in [7, 11) is 0. The van der Waals surface area contributed by atoms with Gasteiger partial charge < -0.3 is 5.73 Å². The summed E-state index contributed by atoms with van der Waals surface area (Å²) < 4.78 is 8.25. The number of rotatable bonds is 1. The van der Waals surface area contributed by atoms with Crippen LogP contribution in [-0.4, -0.2) is 6.54 Å². The predicted octanol–water partition coefficient (Wildman–Crippen LogP) is 0.234. The second-order valence-corrected chi connectivity index (χ2v) is 0.789. The van der Waals surface area contributed by atoms with E-state index in [0.717, 1.165) is 33.4 Å². The van der Waals surface area contributed by atoms with E-state index in [1.54, 1.807) is 0 Å². The van der Waals surface area contributed by atoms with Gasteiger partial charge in [0.15, 0.2) is 0 Å². The zero-order valence-corrected chi connectivity index (χ0v) is 5.46. The van der Waals surface area contributed by atoms with E-state index < -0.39 is 0 Å². The van der Waals surface area contributed by atoms with Gasteiger partial charge in [0.25, 0.3) is 0 Å². The first-order valence-corrected chi connectivity index (χ1v) is 2.46. The first-order chi connectivity index (χ1) is 2.91. The van der Waals surface area contributed by atoms with Gasteiger partial charge in [0.2, 0.25) is 0 Å². The quantitative estimate of drug-likeness (QED) is 0.507. The molecule has 0 unspecified atom stereocenters. The molecule has 0 rings (SSSR count). The third-order valence-corrected chi connectivity index (χ3v) is 0.289. The molecule has 36 valence electrons. The second-order valence-electron chi connectivity index (χ2n) is 0.789. The van der Waals surface area contributed by atoms with E-state index >= 15 is 0 Å². The standard InChI is InChI=1S/C3H9N.O.Ti/c1-2-3-4;;/h2-4H2,1H3;;. The molecular formula is C3H9NOTi. The summed E-state index contributed by atoms with van der Waals surface area (Å²) in [5.41, 5.74) is 5.03. The summed E-state index contributed by atoms with van der Waals surface area (Å²) >= 11 is 0.750. The number of hydrogen-bond acceptors (Lipinski definition) is 2. The van der Waals surface area contributed by atoms with Crippen LogP contribution in [0.3, 0.4) is 0 Å². The van der Waals surface area contributed by atoms with Gasteiger partial charge in [-0.05, 0) is 13.0 Å². The van der Waals surface area contributed by atoms with Crippen molar-refractivity contribution in [1.29, 1.82) is 0 Å². The molecule has 0 aliphatic carbocycles. The van der Waals surface area contributed by atoms with Crippen LogP contribution >= 0.6 is 0 Å². The predicted molar refractivity (Wildman–Crippen MR) is 20.0 cm³/mol. The molecule has 6 heavy (non-hydrogen) atoms. The molecule has 0 heterocycles. The first kappa shape index (κ1) is 9.69. The molecule has 0 aliphatic rings. The second kappa shape index (κ2) is 17.9. The molecule has 0 aromatic heterocycles. The van der Waals surface area contributed by atoms with Gasteiger partial charge in [-0.25, -0.2) is 0 Å². The molecule has 0 amide bonds. The van der Waals surface area contributed by atoms with Gasteiger partial charge in [0.1, 0.15) is 0 Å². The molecule has 0 fully saturated rings. The Labute approximate surface area is 49.8 Å². The Bertz CT molecular complexity index is 18.3. The van der Waals surface area contributed by atoms with E-state index in [0.29, 0.717) is 0 Å². The van der Waals surface area contributed by atoms with Crippen LogP contribution in [0.5, 0.6) is 0 Å². The Hall–Kier alpha value is 0.474. The van der Waals surface area contributed by atoms with Crippen molar-refractivity contribution >= 4 is 0 Å². The van der Waals surface area contributed by atoms with E-state index in [9.17, 15) is 0 Å². The monoisotopic (exact) mass is 123 g/mol. The zero-order chi connectivity index (χ0) is 5.41. The van der Waals surface area contributed by atoms with Crippen LogP contribution in [0.4, 0.5) is 0 Å². The van der Waals surface area contributed by atoms with E-state index in [1.807, 2.05) is 0 Å². The zero-order valence-electron chi connectivity index (χ0n) is 3.90. The van der Waals surface area contributed by atoms with Crippen molar-refractivity contribution in [2.75, 3.05) is 6.54 Å².